The Kier molecular flexibility index (Phi) is 4.49. The van der Waals surface area contributed by atoms with Gasteiger partial charge in [0, 0.05) is 32.7 Å². The Bertz CT molecular complexity index is 274. The van der Waals surface area contributed by atoms with Gasteiger partial charge in [0.15, 0.2) is 0 Å². The summed E-state index contributed by atoms with van der Waals surface area (Å²) in [5.74, 6) is 0. The topological polar surface area (TPSA) is 3.24 Å². The summed E-state index contributed by atoms with van der Waals surface area (Å²) in [6.07, 6.45) is 8.85. The van der Waals surface area contributed by atoms with E-state index in [0.29, 0.717) is 0 Å². The molecule has 0 bridgehead atoms. The molecule has 1 saturated carbocycles. The summed E-state index contributed by atoms with van der Waals surface area (Å²) in [5.41, 5.74) is 2.58. The van der Waals surface area contributed by atoms with E-state index in [2.05, 4.69) is 31.4 Å². The normalized spacial score (nSPS) is 23.9. The monoisotopic (exact) mass is 278 g/mol. The first-order valence-corrected chi connectivity index (χ1v) is 5.51. The number of hydrogen-bond donors (Lipinski definition) is 0. The molecule has 1 fully saturated rings. The summed E-state index contributed by atoms with van der Waals surface area (Å²) < 4.78 is 0. The number of rotatable bonds is 1. The molecule has 2 rings (SSSR count). The maximum atomic E-state index is 4.23. The van der Waals surface area contributed by atoms with Crippen molar-refractivity contribution in [1.29, 1.82) is 0 Å². The molecular formula is C13H19NY-2. The largest absolute Gasteiger partial charge is 0.411 e. The Morgan fingerprint density at radius 1 is 1.33 bits per heavy atom. The van der Waals surface area contributed by atoms with Crippen molar-refractivity contribution in [3.63, 3.8) is 0 Å². The molecule has 1 spiro atoms. The van der Waals surface area contributed by atoms with Gasteiger partial charge < -0.3 is 11.8 Å². The van der Waals surface area contributed by atoms with Crippen LogP contribution in [0.4, 0.5) is 0 Å². The van der Waals surface area contributed by atoms with Gasteiger partial charge >= 0.3 is 0 Å². The quantitative estimate of drug-likeness (QED) is 0.665. The van der Waals surface area contributed by atoms with Gasteiger partial charge in [-0.3, -0.25) is 0 Å². The van der Waals surface area contributed by atoms with Gasteiger partial charge in [-0.2, -0.15) is 6.08 Å². The zero-order valence-electron chi connectivity index (χ0n) is 9.47. The molecule has 2 aliphatic rings. The summed E-state index contributed by atoms with van der Waals surface area (Å²) >= 11 is 0. The Hall–Kier alpha value is 0.254. The minimum atomic E-state index is 0. The van der Waals surface area contributed by atoms with E-state index in [-0.39, 0.29) is 38.1 Å². The minimum absolute atomic E-state index is 0. The molecule has 0 aromatic carbocycles. The molecule has 0 saturated heterocycles. The van der Waals surface area contributed by atoms with E-state index in [0.717, 1.165) is 12.2 Å². The fraction of sp³-hybridized carbons (Fsp3) is 0.538. The van der Waals surface area contributed by atoms with Crippen LogP contribution in [0.5, 0.6) is 0 Å². The van der Waals surface area contributed by atoms with Gasteiger partial charge in [-0.25, -0.2) is 6.92 Å². The van der Waals surface area contributed by atoms with Crippen LogP contribution in [0.25, 0.3) is 0 Å². The van der Waals surface area contributed by atoms with Crippen molar-refractivity contribution >= 4 is 0 Å². The van der Waals surface area contributed by atoms with Crippen LogP contribution in [-0.4, -0.2) is 11.4 Å². The van der Waals surface area contributed by atoms with E-state index < -0.39 is 0 Å². The van der Waals surface area contributed by atoms with Gasteiger partial charge in [0.1, 0.15) is 0 Å². The van der Waals surface area contributed by atoms with Gasteiger partial charge in [-0.15, -0.1) is 12.2 Å². The van der Waals surface area contributed by atoms with Gasteiger partial charge in [0.2, 0.25) is 0 Å². The summed E-state index contributed by atoms with van der Waals surface area (Å²) in [4.78, 5) is 2.16. The standard InChI is InChI=1S/C13H19N.Y/c1-4-14-11(2)10-13(12(14)3)8-6-5-7-9-13;/h10H,1-9H2;/q-2;. The van der Waals surface area contributed by atoms with Gasteiger partial charge in [-0.05, 0) is 11.1 Å². The fourth-order valence-corrected chi connectivity index (χ4v) is 2.82. The zero-order chi connectivity index (χ0) is 10.2. The van der Waals surface area contributed by atoms with Crippen LogP contribution in [0, 0.1) is 19.3 Å². The van der Waals surface area contributed by atoms with Crippen molar-refractivity contribution in [2.75, 3.05) is 6.54 Å². The first-order valence-electron chi connectivity index (χ1n) is 5.51. The Labute approximate surface area is 119 Å². The van der Waals surface area contributed by atoms with Crippen molar-refractivity contribution < 1.29 is 32.7 Å². The number of hydrogen-bond acceptors (Lipinski definition) is 1. The first kappa shape index (κ1) is 13.3. The van der Waals surface area contributed by atoms with E-state index in [1.807, 2.05) is 0 Å². The third kappa shape index (κ3) is 2.19. The summed E-state index contributed by atoms with van der Waals surface area (Å²) in [5, 5.41) is 0. The van der Waals surface area contributed by atoms with Crippen LogP contribution in [0.1, 0.15) is 32.1 Å². The molecule has 1 radical (unpaired) electrons. The van der Waals surface area contributed by atoms with Crippen LogP contribution in [0.15, 0.2) is 24.0 Å². The predicted octanol–water partition coefficient (Wildman–Crippen LogP) is 3.32. The SMILES string of the molecule is C=C1N(C[CH2-])C([CH2-])=CC12CCCCC2.[Y]. The van der Waals surface area contributed by atoms with E-state index >= 15 is 0 Å². The Morgan fingerprint density at radius 2 is 1.93 bits per heavy atom. The number of nitrogens with zero attached hydrogens (tertiary/aromatic N) is 1. The second kappa shape index (κ2) is 5.06. The molecule has 15 heavy (non-hydrogen) atoms. The van der Waals surface area contributed by atoms with Gasteiger partial charge in [0.05, 0.1) is 0 Å². The molecule has 81 valence electrons. The van der Waals surface area contributed by atoms with E-state index in [4.69, 9.17) is 0 Å². The van der Waals surface area contributed by atoms with Crippen molar-refractivity contribution in [2.45, 2.75) is 32.1 Å². The smallest absolute Gasteiger partial charge is 0 e. The van der Waals surface area contributed by atoms with Crippen molar-refractivity contribution in [1.82, 2.24) is 4.90 Å². The third-order valence-corrected chi connectivity index (χ3v) is 3.66. The fourth-order valence-electron chi connectivity index (χ4n) is 2.82. The predicted molar refractivity (Wildman–Crippen MR) is 60.2 cm³/mol. The molecule has 0 amide bonds. The number of allylic oxidation sites excluding steroid dienone is 2. The second-order valence-electron chi connectivity index (χ2n) is 4.45. The van der Waals surface area contributed by atoms with Crippen molar-refractivity contribution in [3.05, 3.63) is 37.9 Å². The molecule has 1 aliphatic carbocycles. The van der Waals surface area contributed by atoms with Crippen LogP contribution in [0.3, 0.4) is 0 Å². The summed E-state index contributed by atoms with van der Waals surface area (Å²) in [6, 6.07) is 0. The maximum Gasteiger partial charge on any atom is 0 e. The van der Waals surface area contributed by atoms with Crippen LogP contribution >= 0.6 is 0 Å². The molecule has 1 aliphatic heterocycles. The Balaban J connectivity index is 0.00000112. The van der Waals surface area contributed by atoms with Crippen LogP contribution in [-0.2, 0) is 32.7 Å². The van der Waals surface area contributed by atoms with E-state index in [1.54, 1.807) is 0 Å². The van der Waals surface area contributed by atoms with Gasteiger partial charge in [0.25, 0.3) is 0 Å². The van der Waals surface area contributed by atoms with E-state index in [9.17, 15) is 0 Å². The zero-order valence-corrected chi connectivity index (χ0v) is 12.3. The average Bonchev–Trinajstić information content (AvgIpc) is 2.40. The van der Waals surface area contributed by atoms with Crippen molar-refractivity contribution in [2.24, 2.45) is 5.41 Å². The van der Waals surface area contributed by atoms with Crippen molar-refractivity contribution in [3.8, 4) is 0 Å². The molecule has 0 atom stereocenters. The Morgan fingerprint density at radius 3 is 2.40 bits per heavy atom. The van der Waals surface area contributed by atoms with Crippen LogP contribution < -0.4 is 0 Å². The molecule has 1 heterocycles. The average molecular weight is 278 g/mol. The summed E-state index contributed by atoms with van der Waals surface area (Å²) in [7, 11) is 0. The molecule has 1 nitrogen and oxygen atoms in total. The second-order valence-corrected chi connectivity index (χ2v) is 4.45. The molecule has 0 N–H and O–H groups in total. The molecule has 0 aromatic heterocycles. The maximum absolute atomic E-state index is 4.23. The van der Waals surface area contributed by atoms with E-state index in [1.165, 1.54) is 37.8 Å². The van der Waals surface area contributed by atoms with Gasteiger partial charge in [-0.1, -0.05) is 38.7 Å². The van der Waals surface area contributed by atoms with Crippen LogP contribution in [0.2, 0.25) is 0 Å². The first-order chi connectivity index (χ1) is 6.69. The molecular weight excluding hydrogens is 259 g/mol. The molecule has 0 aromatic rings. The minimum Gasteiger partial charge on any atom is -0.411 e. The third-order valence-electron chi connectivity index (χ3n) is 3.66. The molecule has 0 unspecified atom stereocenters. The molecule has 2 heteroatoms. The summed E-state index contributed by atoms with van der Waals surface area (Å²) in [6.45, 7) is 13.0.